The number of nitrogens with zero attached hydrogens (tertiary/aromatic N) is 2. The number of methoxy groups -OCH3 is 1. The lowest BCUT2D eigenvalue weighted by atomic mass is 10.2. The van der Waals surface area contributed by atoms with Gasteiger partial charge in [0.2, 0.25) is 6.79 Å². The van der Waals surface area contributed by atoms with Crippen molar-refractivity contribution < 1.29 is 19.0 Å². The van der Waals surface area contributed by atoms with Crippen LogP contribution in [0.2, 0.25) is 0 Å². The zero-order valence-corrected chi connectivity index (χ0v) is 13.2. The number of hydrogen-bond donors (Lipinski definition) is 0. The highest BCUT2D eigenvalue weighted by molar-refractivity contribution is 7.16. The van der Waals surface area contributed by atoms with Crippen LogP contribution in [0.4, 0.5) is 0 Å². The van der Waals surface area contributed by atoms with Crippen LogP contribution >= 0.6 is 11.3 Å². The first-order valence-corrected chi connectivity index (χ1v) is 7.61. The number of benzene rings is 1. The summed E-state index contributed by atoms with van der Waals surface area (Å²) in [6, 6.07) is 5.64. The number of aromatic nitrogens is 1. The monoisotopic (exact) mass is 320 g/mol. The fourth-order valence-electron chi connectivity index (χ4n) is 2.05. The fraction of sp³-hybridized carbons (Fsp3) is 0.333. The summed E-state index contributed by atoms with van der Waals surface area (Å²) in [7, 11) is 3.37. The van der Waals surface area contributed by atoms with Crippen LogP contribution in [0.5, 0.6) is 11.5 Å². The molecule has 6 nitrogen and oxygen atoms in total. The molecule has 1 amide bonds. The van der Waals surface area contributed by atoms with Crippen molar-refractivity contribution in [1.82, 2.24) is 9.88 Å². The molecule has 116 valence electrons. The molecule has 2 aromatic rings. The summed E-state index contributed by atoms with van der Waals surface area (Å²) in [5.74, 6) is 1.38. The van der Waals surface area contributed by atoms with E-state index in [1.807, 2.05) is 18.2 Å². The van der Waals surface area contributed by atoms with Gasteiger partial charge in [0, 0.05) is 26.3 Å². The van der Waals surface area contributed by atoms with E-state index in [2.05, 4.69) is 4.98 Å². The number of carbonyl (C=O) groups is 1. The Bertz CT molecular complexity index is 686. The number of likely N-dealkylation sites (N-methyl/N-ethyl adjacent to an activating group) is 1. The molecule has 0 fully saturated rings. The summed E-state index contributed by atoms with van der Waals surface area (Å²) < 4.78 is 15.6. The molecule has 0 atom stereocenters. The van der Waals surface area contributed by atoms with Crippen molar-refractivity contribution in [3.63, 3.8) is 0 Å². The first-order valence-electron chi connectivity index (χ1n) is 6.79. The Morgan fingerprint density at radius 3 is 3.05 bits per heavy atom. The first-order chi connectivity index (χ1) is 10.7. The van der Waals surface area contributed by atoms with E-state index in [0.717, 1.165) is 16.3 Å². The van der Waals surface area contributed by atoms with Gasteiger partial charge in [-0.15, -0.1) is 11.3 Å². The molecule has 0 saturated carbocycles. The van der Waals surface area contributed by atoms with E-state index in [1.165, 1.54) is 11.3 Å². The molecule has 3 rings (SSSR count). The summed E-state index contributed by atoms with van der Waals surface area (Å²) in [6.07, 6.45) is 1.61. The number of carbonyl (C=O) groups excluding carboxylic acids is 1. The highest BCUT2D eigenvalue weighted by atomic mass is 32.1. The van der Waals surface area contributed by atoms with Crippen LogP contribution in [0, 0.1) is 0 Å². The lowest BCUT2D eigenvalue weighted by molar-refractivity contribution is 0.0748. The van der Waals surface area contributed by atoms with Gasteiger partial charge < -0.3 is 19.1 Å². The third-order valence-electron chi connectivity index (χ3n) is 3.31. The number of fused-ring (bicyclic) bond motifs is 1. The van der Waals surface area contributed by atoms with E-state index in [1.54, 1.807) is 25.3 Å². The third-order valence-corrected chi connectivity index (χ3v) is 4.35. The van der Waals surface area contributed by atoms with E-state index in [0.29, 0.717) is 23.8 Å². The Hall–Kier alpha value is -2.12. The molecule has 0 unspecified atom stereocenters. The Morgan fingerprint density at radius 2 is 2.23 bits per heavy atom. The second-order valence-electron chi connectivity index (χ2n) is 4.82. The SMILES string of the molecule is COCCN(C)C(=O)c1cnc(-c2ccc3c(c2)OCO3)s1. The maximum Gasteiger partial charge on any atom is 0.265 e. The number of ether oxygens (including phenoxy) is 3. The molecule has 1 aliphatic rings. The second kappa shape index (κ2) is 6.33. The molecule has 0 N–H and O–H groups in total. The van der Waals surface area contributed by atoms with Crippen molar-refractivity contribution in [3.05, 3.63) is 29.3 Å². The van der Waals surface area contributed by atoms with Crippen LogP contribution in [-0.4, -0.2) is 49.9 Å². The van der Waals surface area contributed by atoms with Crippen LogP contribution in [0.15, 0.2) is 24.4 Å². The minimum atomic E-state index is -0.0541. The third kappa shape index (κ3) is 2.90. The molecule has 0 radical (unpaired) electrons. The standard InChI is InChI=1S/C15H16N2O4S/c1-17(5-6-19-2)15(18)13-8-16-14(22-13)10-3-4-11-12(7-10)21-9-20-11/h3-4,7-8H,5-6,9H2,1-2H3. The maximum atomic E-state index is 12.3. The molecule has 22 heavy (non-hydrogen) atoms. The second-order valence-corrected chi connectivity index (χ2v) is 5.85. The van der Waals surface area contributed by atoms with E-state index in [4.69, 9.17) is 14.2 Å². The van der Waals surface area contributed by atoms with Gasteiger partial charge in [0.25, 0.3) is 5.91 Å². The minimum absolute atomic E-state index is 0.0541. The van der Waals surface area contributed by atoms with E-state index >= 15 is 0 Å². The van der Waals surface area contributed by atoms with Crippen LogP contribution in [0.1, 0.15) is 9.67 Å². The normalized spacial score (nSPS) is 12.5. The number of amides is 1. The molecule has 0 spiro atoms. The molecule has 1 aromatic heterocycles. The van der Waals surface area contributed by atoms with Gasteiger partial charge in [-0.1, -0.05) is 0 Å². The Morgan fingerprint density at radius 1 is 1.41 bits per heavy atom. The molecule has 1 aromatic carbocycles. The van der Waals surface area contributed by atoms with E-state index in [9.17, 15) is 4.79 Å². The quantitative estimate of drug-likeness (QED) is 0.845. The largest absolute Gasteiger partial charge is 0.454 e. The molecule has 2 heterocycles. The van der Waals surface area contributed by atoms with Gasteiger partial charge in [0.05, 0.1) is 12.8 Å². The van der Waals surface area contributed by atoms with Crippen molar-refractivity contribution in [2.24, 2.45) is 0 Å². The van der Waals surface area contributed by atoms with Crippen molar-refractivity contribution in [2.75, 3.05) is 34.1 Å². The van der Waals surface area contributed by atoms with Gasteiger partial charge in [-0.2, -0.15) is 0 Å². The van der Waals surface area contributed by atoms with Gasteiger partial charge in [0.1, 0.15) is 9.88 Å². The lowest BCUT2D eigenvalue weighted by Gasteiger charge is -2.14. The van der Waals surface area contributed by atoms with Gasteiger partial charge in [0.15, 0.2) is 11.5 Å². The summed E-state index contributed by atoms with van der Waals surface area (Å²) in [5.41, 5.74) is 0.910. The zero-order valence-electron chi connectivity index (χ0n) is 12.4. The lowest BCUT2D eigenvalue weighted by Crippen LogP contribution is -2.29. The number of rotatable bonds is 5. The van der Waals surface area contributed by atoms with E-state index in [-0.39, 0.29) is 12.7 Å². The number of thiazole rings is 1. The van der Waals surface area contributed by atoms with Crippen LogP contribution in [-0.2, 0) is 4.74 Å². The van der Waals surface area contributed by atoms with Gasteiger partial charge in [-0.25, -0.2) is 4.98 Å². The summed E-state index contributed by atoms with van der Waals surface area (Å²) in [5, 5.41) is 0.779. The van der Waals surface area contributed by atoms with Crippen molar-refractivity contribution in [2.45, 2.75) is 0 Å². The topological polar surface area (TPSA) is 60.9 Å². The van der Waals surface area contributed by atoms with Crippen molar-refractivity contribution in [1.29, 1.82) is 0 Å². The molecule has 1 aliphatic heterocycles. The van der Waals surface area contributed by atoms with Gasteiger partial charge in [-0.05, 0) is 18.2 Å². The fourth-order valence-corrected chi connectivity index (χ4v) is 2.96. The van der Waals surface area contributed by atoms with Gasteiger partial charge >= 0.3 is 0 Å². The Kier molecular flexibility index (Phi) is 4.26. The molecular weight excluding hydrogens is 304 g/mol. The van der Waals surface area contributed by atoms with Crippen LogP contribution in [0.25, 0.3) is 10.6 Å². The number of hydrogen-bond acceptors (Lipinski definition) is 6. The summed E-state index contributed by atoms with van der Waals surface area (Å²) in [4.78, 5) is 18.8. The maximum absolute atomic E-state index is 12.3. The van der Waals surface area contributed by atoms with Gasteiger partial charge in [-0.3, -0.25) is 4.79 Å². The average Bonchev–Trinajstić information content (AvgIpc) is 3.19. The van der Waals surface area contributed by atoms with Crippen molar-refractivity contribution in [3.8, 4) is 22.1 Å². The smallest absolute Gasteiger partial charge is 0.265 e. The molecule has 7 heteroatoms. The zero-order chi connectivity index (χ0) is 15.5. The molecule has 0 bridgehead atoms. The first kappa shape index (κ1) is 14.8. The molecular formula is C15H16N2O4S. The van der Waals surface area contributed by atoms with E-state index < -0.39 is 0 Å². The predicted molar refractivity (Wildman–Crippen MR) is 82.5 cm³/mol. The van der Waals surface area contributed by atoms with Crippen LogP contribution < -0.4 is 9.47 Å². The molecule has 0 aliphatic carbocycles. The van der Waals surface area contributed by atoms with Crippen molar-refractivity contribution >= 4 is 17.2 Å². The summed E-state index contributed by atoms with van der Waals surface area (Å²) in [6.45, 7) is 1.30. The summed E-state index contributed by atoms with van der Waals surface area (Å²) >= 11 is 1.36. The highest BCUT2D eigenvalue weighted by Crippen LogP contribution is 2.37. The average molecular weight is 320 g/mol. The minimum Gasteiger partial charge on any atom is -0.454 e. The Balaban J connectivity index is 1.77. The highest BCUT2D eigenvalue weighted by Gasteiger charge is 2.18. The van der Waals surface area contributed by atoms with Crippen LogP contribution in [0.3, 0.4) is 0 Å². The predicted octanol–water partition coefficient (Wildman–Crippen LogP) is 2.26. The molecule has 0 saturated heterocycles. The Labute approximate surface area is 132 Å².